The first kappa shape index (κ1) is 20.2. The number of aromatic carboxylic acids is 1. The number of rotatable bonds is 6. The number of carboxylic acid groups (broad SMARTS) is 1. The maximum atomic E-state index is 11.7. The molecule has 5 nitrogen and oxygen atoms in total. The van der Waals surface area contributed by atoms with Crippen molar-refractivity contribution in [3.05, 3.63) is 82.6 Å². The van der Waals surface area contributed by atoms with Crippen LogP contribution in [-0.2, 0) is 6.42 Å². The van der Waals surface area contributed by atoms with Crippen molar-refractivity contribution in [3.63, 3.8) is 0 Å². The zero-order valence-electron chi connectivity index (χ0n) is 16.0. The molecule has 30 heavy (non-hydrogen) atoms. The molecule has 0 bridgehead atoms. The van der Waals surface area contributed by atoms with Crippen LogP contribution < -0.4 is 0 Å². The predicted octanol–water partition coefficient (Wildman–Crippen LogP) is 5.35. The number of pyridine rings is 2. The summed E-state index contributed by atoms with van der Waals surface area (Å²) in [7, 11) is 0. The van der Waals surface area contributed by atoms with E-state index < -0.39 is 5.97 Å². The van der Waals surface area contributed by atoms with Gasteiger partial charge >= 0.3 is 5.97 Å². The summed E-state index contributed by atoms with van der Waals surface area (Å²) in [6, 6.07) is 17.5. The van der Waals surface area contributed by atoms with Crippen LogP contribution in [0.5, 0.6) is 0 Å². The molecule has 0 saturated carbocycles. The average molecular weight is 463 g/mol. The van der Waals surface area contributed by atoms with Crippen LogP contribution in [-0.4, -0.2) is 32.8 Å². The van der Waals surface area contributed by atoms with E-state index in [1.165, 1.54) is 11.8 Å². The van der Waals surface area contributed by atoms with Crippen LogP contribution in [0, 0.1) is 0 Å². The molecule has 4 rings (SSSR count). The number of benzene rings is 2. The van der Waals surface area contributed by atoms with Crippen molar-refractivity contribution in [2.75, 3.05) is 6.61 Å². The minimum atomic E-state index is -1.01. The van der Waals surface area contributed by atoms with Gasteiger partial charge in [0.15, 0.2) is 0 Å². The van der Waals surface area contributed by atoms with Crippen molar-refractivity contribution < 1.29 is 15.0 Å². The number of carboxylic acids is 1. The second-order valence-corrected chi connectivity index (χ2v) is 7.83. The third-order valence-electron chi connectivity index (χ3n) is 5.00. The molecule has 0 saturated heterocycles. The quantitative estimate of drug-likeness (QED) is 0.403. The van der Waals surface area contributed by atoms with Gasteiger partial charge in [-0.2, -0.15) is 0 Å². The standard InChI is InChI=1S/C24H19BrN2O3/c25-21-12-17(16-5-3-15(4-6-16)2-1-11-28)7-8-18(21)23-13-19(24(29)30)20-14-26-10-9-22(20)27-23/h3-10,12-14,28H,1-2,11H2,(H,29,30). The Kier molecular flexibility index (Phi) is 5.88. The molecule has 2 heterocycles. The lowest BCUT2D eigenvalue weighted by Crippen LogP contribution is -2.01. The van der Waals surface area contributed by atoms with Gasteiger partial charge in [0.2, 0.25) is 0 Å². The van der Waals surface area contributed by atoms with E-state index >= 15 is 0 Å². The molecule has 0 spiro atoms. The number of aryl methyl sites for hydroxylation is 1. The zero-order valence-corrected chi connectivity index (χ0v) is 17.6. The maximum Gasteiger partial charge on any atom is 0.336 e. The number of carbonyl (C=O) groups is 1. The van der Waals surface area contributed by atoms with Crippen LogP contribution in [0.4, 0.5) is 0 Å². The summed E-state index contributed by atoms with van der Waals surface area (Å²) in [6.07, 6.45) is 4.74. The molecule has 0 amide bonds. The van der Waals surface area contributed by atoms with Crippen LogP contribution in [0.2, 0.25) is 0 Å². The second-order valence-electron chi connectivity index (χ2n) is 6.97. The van der Waals surface area contributed by atoms with Crippen LogP contribution in [0.25, 0.3) is 33.3 Å². The van der Waals surface area contributed by atoms with Crippen LogP contribution in [0.15, 0.2) is 71.5 Å². The van der Waals surface area contributed by atoms with E-state index in [9.17, 15) is 9.90 Å². The third kappa shape index (κ3) is 4.10. The molecule has 0 unspecified atom stereocenters. The lowest BCUT2D eigenvalue weighted by Gasteiger charge is -2.10. The van der Waals surface area contributed by atoms with Crippen molar-refractivity contribution in [3.8, 4) is 22.4 Å². The molecule has 6 heteroatoms. The van der Waals surface area contributed by atoms with Crippen molar-refractivity contribution >= 4 is 32.8 Å². The van der Waals surface area contributed by atoms with Gasteiger partial charge in [-0.25, -0.2) is 9.78 Å². The summed E-state index contributed by atoms with van der Waals surface area (Å²) in [4.78, 5) is 20.4. The molecule has 2 aromatic carbocycles. The highest BCUT2D eigenvalue weighted by atomic mass is 79.9. The van der Waals surface area contributed by atoms with Gasteiger partial charge in [-0.3, -0.25) is 4.98 Å². The number of hydrogen-bond acceptors (Lipinski definition) is 4. The SMILES string of the molecule is O=C(O)c1cc(-c2ccc(-c3ccc(CCCO)cc3)cc2Br)nc2ccncc12. The Balaban J connectivity index is 1.71. The van der Waals surface area contributed by atoms with Gasteiger partial charge in [0, 0.05) is 34.4 Å². The van der Waals surface area contributed by atoms with E-state index in [2.05, 4.69) is 50.2 Å². The molecule has 0 aliphatic heterocycles. The number of aromatic nitrogens is 2. The summed E-state index contributed by atoms with van der Waals surface area (Å²) in [6.45, 7) is 0.194. The number of fused-ring (bicyclic) bond motifs is 1. The lowest BCUT2D eigenvalue weighted by atomic mass is 9.99. The summed E-state index contributed by atoms with van der Waals surface area (Å²) >= 11 is 3.63. The fourth-order valence-corrected chi connectivity index (χ4v) is 4.01. The first-order chi connectivity index (χ1) is 14.6. The summed E-state index contributed by atoms with van der Waals surface area (Å²) in [5, 5.41) is 19.1. The first-order valence-corrected chi connectivity index (χ1v) is 10.3. The van der Waals surface area contributed by atoms with Gasteiger partial charge in [-0.15, -0.1) is 0 Å². The summed E-state index contributed by atoms with van der Waals surface area (Å²) in [5.74, 6) is -1.01. The van der Waals surface area contributed by atoms with E-state index in [1.807, 2.05) is 18.2 Å². The van der Waals surface area contributed by atoms with Gasteiger partial charge in [0.25, 0.3) is 0 Å². The van der Waals surface area contributed by atoms with Gasteiger partial charge in [-0.1, -0.05) is 52.3 Å². The third-order valence-corrected chi connectivity index (χ3v) is 5.65. The number of aliphatic hydroxyl groups excluding tert-OH is 1. The van der Waals surface area contributed by atoms with Gasteiger partial charge in [0.1, 0.15) is 0 Å². The van der Waals surface area contributed by atoms with Gasteiger partial charge in [0.05, 0.1) is 16.8 Å². The Morgan fingerprint density at radius 3 is 2.47 bits per heavy atom. The minimum absolute atomic E-state index is 0.178. The Bertz CT molecular complexity index is 1220. The highest BCUT2D eigenvalue weighted by molar-refractivity contribution is 9.10. The predicted molar refractivity (Wildman–Crippen MR) is 120 cm³/mol. The fraction of sp³-hybridized carbons (Fsp3) is 0.125. The van der Waals surface area contributed by atoms with E-state index in [0.717, 1.165) is 34.0 Å². The van der Waals surface area contributed by atoms with Crippen LogP contribution >= 0.6 is 15.9 Å². The maximum absolute atomic E-state index is 11.7. The average Bonchev–Trinajstić information content (AvgIpc) is 2.77. The molecule has 4 aromatic rings. The Hall–Kier alpha value is -3.09. The van der Waals surface area contributed by atoms with Crippen molar-refractivity contribution in [2.24, 2.45) is 0 Å². The van der Waals surface area contributed by atoms with Crippen LogP contribution in [0.1, 0.15) is 22.3 Å². The van der Waals surface area contributed by atoms with E-state index in [0.29, 0.717) is 16.6 Å². The molecular weight excluding hydrogens is 444 g/mol. The highest BCUT2D eigenvalue weighted by Crippen LogP contribution is 2.33. The van der Waals surface area contributed by atoms with E-state index in [-0.39, 0.29) is 12.2 Å². The number of aliphatic hydroxyl groups is 1. The molecule has 2 aromatic heterocycles. The smallest absolute Gasteiger partial charge is 0.336 e. The number of halogens is 1. The van der Waals surface area contributed by atoms with E-state index in [1.54, 1.807) is 18.3 Å². The summed E-state index contributed by atoms with van der Waals surface area (Å²) < 4.78 is 0.835. The minimum Gasteiger partial charge on any atom is -0.478 e. The number of nitrogens with zero attached hydrogens (tertiary/aromatic N) is 2. The number of hydrogen-bond donors (Lipinski definition) is 2. The van der Waals surface area contributed by atoms with Gasteiger partial charge < -0.3 is 10.2 Å². The lowest BCUT2D eigenvalue weighted by molar-refractivity contribution is 0.0699. The highest BCUT2D eigenvalue weighted by Gasteiger charge is 2.15. The molecule has 0 atom stereocenters. The molecule has 0 aliphatic rings. The fourth-order valence-electron chi connectivity index (χ4n) is 3.43. The normalized spacial score (nSPS) is 11.0. The zero-order chi connectivity index (χ0) is 21.1. The van der Waals surface area contributed by atoms with Crippen molar-refractivity contribution in [1.29, 1.82) is 0 Å². The Labute approximate surface area is 182 Å². The molecule has 2 N–H and O–H groups in total. The molecule has 0 aliphatic carbocycles. The Morgan fingerprint density at radius 2 is 1.77 bits per heavy atom. The second kappa shape index (κ2) is 8.73. The molecular formula is C24H19BrN2O3. The van der Waals surface area contributed by atoms with Crippen molar-refractivity contribution in [1.82, 2.24) is 9.97 Å². The monoisotopic (exact) mass is 462 g/mol. The van der Waals surface area contributed by atoms with Gasteiger partial charge in [-0.05, 0) is 47.7 Å². The molecule has 0 radical (unpaired) electrons. The summed E-state index contributed by atoms with van der Waals surface area (Å²) in [5.41, 5.74) is 5.50. The molecule has 150 valence electrons. The van der Waals surface area contributed by atoms with Crippen LogP contribution in [0.3, 0.4) is 0 Å². The van der Waals surface area contributed by atoms with E-state index in [4.69, 9.17) is 5.11 Å². The first-order valence-electron chi connectivity index (χ1n) is 9.55. The Morgan fingerprint density at radius 1 is 1.00 bits per heavy atom. The topological polar surface area (TPSA) is 83.3 Å². The largest absolute Gasteiger partial charge is 0.478 e. The molecule has 0 fully saturated rings. The van der Waals surface area contributed by atoms with Crippen molar-refractivity contribution in [2.45, 2.75) is 12.8 Å².